The molecule has 0 saturated heterocycles. The highest BCUT2D eigenvalue weighted by atomic mass is 35.5. The lowest BCUT2D eigenvalue weighted by molar-refractivity contribution is -0.690. The van der Waals surface area contributed by atoms with E-state index in [2.05, 4.69) is 16.1 Å². The highest BCUT2D eigenvalue weighted by molar-refractivity contribution is 6.31. The van der Waals surface area contributed by atoms with Gasteiger partial charge < -0.3 is 5.32 Å². The fraction of sp³-hybridized carbons (Fsp3) is 0.200. The molecule has 2 aromatic carbocycles. The number of nitrogens with one attached hydrogen (secondary N) is 1. The number of hydrogen-bond acceptors (Lipinski definition) is 1. The average molecular weight is 387 g/mol. The molecule has 3 aromatic rings. The van der Waals surface area contributed by atoms with E-state index in [9.17, 15) is 4.79 Å². The van der Waals surface area contributed by atoms with Gasteiger partial charge in [0.25, 0.3) is 11.7 Å². The first-order valence-electron chi connectivity index (χ1n) is 8.53. The van der Waals surface area contributed by atoms with Gasteiger partial charge in [0.1, 0.15) is 6.20 Å². The molecular weight excluding hydrogens is 369 g/mol. The summed E-state index contributed by atoms with van der Waals surface area (Å²) in [5.41, 5.74) is 2.92. The van der Waals surface area contributed by atoms with Crippen molar-refractivity contribution in [2.45, 2.75) is 25.9 Å². The van der Waals surface area contributed by atoms with Crippen molar-refractivity contribution >= 4 is 34.8 Å². The van der Waals surface area contributed by atoms with Crippen LogP contribution in [-0.2, 0) is 24.3 Å². The zero-order valence-corrected chi connectivity index (χ0v) is 15.6. The van der Waals surface area contributed by atoms with Crippen molar-refractivity contribution in [1.29, 1.82) is 0 Å². The van der Waals surface area contributed by atoms with Gasteiger partial charge in [0.05, 0.1) is 13.0 Å². The molecule has 1 aliphatic rings. The molecule has 0 atom stereocenters. The molecule has 26 heavy (non-hydrogen) atoms. The summed E-state index contributed by atoms with van der Waals surface area (Å²) in [7, 11) is 0. The lowest BCUT2D eigenvalue weighted by atomic mass is 10.2. The van der Waals surface area contributed by atoms with Crippen LogP contribution in [0.3, 0.4) is 0 Å². The lowest BCUT2D eigenvalue weighted by Gasteiger charge is -2.04. The third kappa shape index (κ3) is 3.48. The maximum atomic E-state index is 12.5. The van der Waals surface area contributed by atoms with Gasteiger partial charge in [-0.3, -0.25) is 4.79 Å². The normalized spacial score (nSPS) is 12.8. The van der Waals surface area contributed by atoms with Gasteiger partial charge in [-0.15, -0.1) is 0 Å². The molecule has 0 aliphatic carbocycles. The van der Waals surface area contributed by atoms with Crippen LogP contribution in [0.25, 0.3) is 11.3 Å². The number of aromatic nitrogens is 2. The van der Waals surface area contributed by atoms with Crippen LogP contribution in [0.15, 0.2) is 54.7 Å². The van der Waals surface area contributed by atoms with E-state index in [1.165, 1.54) is 5.82 Å². The van der Waals surface area contributed by atoms with Gasteiger partial charge in [0.2, 0.25) is 0 Å². The summed E-state index contributed by atoms with van der Waals surface area (Å²) < 4.78 is 4.33. The highest BCUT2D eigenvalue weighted by Crippen LogP contribution is 2.26. The molecule has 0 bridgehead atoms. The molecule has 0 saturated carbocycles. The van der Waals surface area contributed by atoms with E-state index >= 15 is 0 Å². The Morgan fingerprint density at radius 2 is 1.92 bits per heavy atom. The molecule has 0 fully saturated rings. The quantitative estimate of drug-likeness (QED) is 0.665. The van der Waals surface area contributed by atoms with Crippen LogP contribution in [0.1, 0.15) is 12.2 Å². The fourth-order valence-electron chi connectivity index (χ4n) is 3.42. The van der Waals surface area contributed by atoms with Crippen molar-refractivity contribution in [3.05, 3.63) is 70.6 Å². The van der Waals surface area contributed by atoms with Crippen LogP contribution in [0, 0.1) is 0 Å². The van der Waals surface area contributed by atoms with Crippen LogP contribution in [0.2, 0.25) is 10.0 Å². The minimum atomic E-state index is -0.0692. The molecule has 0 spiro atoms. The number of fused-ring (bicyclic) bond motifs is 1. The minimum Gasteiger partial charge on any atom is -0.323 e. The molecule has 132 valence electrons. The summed E-state index contributed by atoms with van der Waals surface area (Å²) in [6.07, 6.45) is 4.11. The first-order valence-corrected chi connectivity index (χ1v) is 9.29. The second-order valence-electron chi connectivity index (χ2n) is 6.38. The monoisotopic (exact) mass is 386 g/mol. The molecule has 0 unspecified atom stereocenters. The smallest absolute Gasteiger partial charge is 0.266 e. The number of benzene rings is 2. The summed E-state index contributed by atoms with van der Waals surface area (Å²) in [5.74, 6) is 1.11. The maximum absolute atomic E-state index is 12.5. The van der Waals surface area contributed by atoms with E-state index in [0.717, 1.165) is 35.7 Å². The van der Waals surface area contributed by atoms with Crippen molar-refractivity contribution in [2.75, 3.05) is 5.32 Å². The van der Waals surface area contributed by atoms with E-state index in [1.54, 1.807) is 12.1 Å². The Morgan fingerprint density at radius 3 is 2.69 bits per heavy atom. The molecule has 4 rings (SSSR count). The van der Waals surface area contributed by atoms with Gasteiger partial charge in [-0.1, -0.05) is 29.3 Å². The Hall–Kier alpha value is -2.30. The minimum absolute atomic E-state index is 0.0692. The van der Waals surface area contributed by atoms with Gasteiger partial charge in [-0.2, -0.15) is 0 Å². The van der Waals surface area contributed by atoms with Crippen LogP contribution >= 0.6 is 23.2 Å². The van der Waals surface area contributed by atoms with E-state index in [1.807, 2.05) is 41.0 Å². The van der Waals surface area contributed by atoms with E-state index in [4.69, 9.17) is 23.2 Å². The molecule has 1 N–H and O–H groups in total. The Morgan fingerprint density at radius 1 is 1.12 bits per heavy atom. The van der Waals surface area contributed by atoms with Crippen LogP contribution < -0.4 is 9.88 Å². The second-order valence-corrected chi connectivity index (χ2v) is 7.25. The lowest BCUT2D eigenvalue weighted by Crippen LogP contribution is -2.42. The Balaban J connectivity index is 1.58. The number of imidazole rings is 1. The van der Waals surface area contributed by atoms with Crippen molar-refractivity contribution in [1.82, 2.24) is 4.57 Å². The van der Waals surface area contributed by atoms with E-state index < -0.39 is 0 Å². The number of halogens is 2. The molecule has 1 aromatic heterocycles. The van der Waals surface area contributed by atoms with Crippen molar-refractivity contribution in [3.8, 4) is 11.3 Å². The largest absolute Gasteiger partial charge is 0.323 e. The predicted octanol–water partition coefficient (Wildman–Crippen LogP) is 4.33. The predicted molar refractivity (Wildman–Crippen MR) is 103 cm³/mol. The summed E-state index contributed by atoms with van der Waals surface area (Å²) in [4.78, 5) is 12.5. The molecule has 1 aliphatic heterocycles. The summed E-state index contributed by atoms with van der Waals surface area (Å²) >= 11 is 12.0. The highest BCUT2D eigenvalue weighted by Gasteiger charge is 2.29. The average Bonchev–Trinajstić information content (AvgIpc) is 3.20. The van der Waals surface area contributed by atoms with Gasteiger partial charge in [-0.05, 0) is 48.9 Å². The molecular formula is C20H18Cl2N3O+. The summed E-state index contributed by atoms with van der Waals surface area (Å²) in [6, 6.07) is 15.0. The molecule has 6 heteroatoms. The molecule has 1 amide bonds. The summed E-state index contributed by atoms with van der Waals surface area (Å²) in [6.45, 7) is 1.24. The van der Waals surface area contributed by atoms with E-state index in [-0.39, 0.29) is 12.5 Å². The topological polar surface area (TPSA) is 37.9 Å². The maximum Gasteiger partial charge on any atom is 0.266 e. The van der Waals surface area contributed by atoms with E-state index in [0.29, 0.717) is 10.7 Å². The van der Waals surface area contributed by atoms with Crippen LogP contribution in [0.4, 0.5) is 5.69 Å². The van der Waals surface area contributed by atoms with Gasteiger partial charge in [0.15, 0.2) is 12.2 Å². The van der Waals surface area contributed by atoms with Gasteiger partial charge in [0, 0.05) is 21.3 Å². The van der Waals surface area contributed by atoms with Gasteiger partial charge in [-0.25, -0.2) is 9.13 Å². The standard InChI is InChI=1S/C20H17Cl2N3O/c21-15-8-6-14(7-9-15)18-12-24(20-5-2-10-25(18)20)13-19(26)23-17-4-1-3-16(22)11-17/h1,3-4,6-9,11-12H,2,5,10,13H2/p+1. The van der Waals surface area contributed by atoms with Crippen molar-refractivity contribution < 1.29 is 9.36 Å². The molecule has 0 radical (unpaired) electrons. The first-order chi connectivity index (χ1) is 12.6. The molecule has 4 nitrogen and oxygen atoms in total. The second kappa shape index (κ2) is 7.14. The SMILES string of the molecule is O=C(C[n+]1cc(-c2ccc(Cl)cc2)n2c1CCC2)Nc1cccc(Cl)c1. The Kier molecular flexibility index (Phi) is 4.70. The van der Waals surface area contributed by atoms with Crippen LogP contribution in [-0.4, -0.2) is 10.5 Å². The zero-order chi connectivity index (χ0) is 18.1. The van der Waals surface area contributed by atoms with Crippen LogP contribution in [0.5, 0.6) is 0 Å². The first kappa shape index (κ1) is 17.1. The Labute approximate surface area is 162 Å². The van der Waals surface area contributed by atoms with Crippen molar-refractivity contribution in [2.24, 2.45) is 0 Å². The molecule has 2 heterocycles. The number of rotatable bonds is 4. The van der Waals surface area contributed by atoms with Crippen molar-refractivity contribution in [3.63, 3.8) is 0 Å². The number of amides is 1. The third-order valence-electron chi connectivity index (χ3n) is 4.56. The number of carbonyl (C=O) groups excluding carboxylic acids is 1. The third-order valence-corrected chi connectivity index (χ3v) is 5.04. The van der Waals surface area contributed by atoms with Gasteiger partial charge >= 0.3 is 0 Å². The zero-order valence-electron chi connectivity index (χ0n) is 14.1. The number of carbonyl (C=O) groups is 1. The number of anilines is 1. The Bertz CT molecular complexity index is 964. The summed E-state index contributed by atoms with van der Waals surface area (Å²) in [5, 5.41) is 4.23. The fourth-order valence-corrected chi connectivity index (χ4v) is 3.73. The number of hydrogen-bond donors (Lipinski definition) is 1. The number of nitrogens with zero attached hydrogens (tertiary/aromatic N) is 2.